The quantitative estimate of drug-likeness (QED) is 0.503. The summed E-state index contributed by atoms with van der Waals surface area (Å²) in [5.74, 6) is 5.62. The van der Waals surface area contributed by atoms with Gasteiger partial charge in [-0.2, -0.15) is 10.2 Å². The van der Waals surface area contributed by atoms with Crippen LogP contribution in [0.1, 0.15) is 56.1 Å². The lowest BCUT2D eigenvalue weighted by Crippen LogP contribution is -2.27. The van der Waals surface area contributed by atoms with E-state index in [0.29, 0.717) is 5.92 Å². The van der Waals surface area contributed by atoms with Crippen molar-refractivity contribution in [2.75, 3.05) is 0 Å². The summed E-state index contributed by atoms with van der Waals surface area (Å²) in [5.41, 5.74) is 4.79. The summed E-state index contributed by atoms with van der Waals surface area (Å²) in [7, 11) is 0. The van der Waals surface area contributed by atoms with Crippen LogP contribution < -0.4 is 0 Å². The normalized spacial score (nSPS) is 32.9. The minimum atomic E-state index is 0.633. The van der Waals surface area contributed by atoms with Crippen molar-refractivity contribution in [3.8, 4) is 0 Å². The van der Waals surface area contributed by atoms with Crippen molar-refractivity contribution >= 4 is 11.4 Å². The SMILES string of the molecule is Cc1ccc(N=Nc2ccccc2)cc1C(C)C1CC2CC1C1CCCC21. The highest BCUT2D eigenvalue weighted by Crippen LogP contribution is 2.63. The maximum atomic E-state index is 4.51. The Hall–Kier alpha value is -1.96. The van der Waals surface area contributed by atoms with Crippen molar-refractivity contribution in [3.05, 3.63) is 59.7 Å². The molecule has 2 bridgehead atoms. The van der Waals surface area contributed by atoms with Gasteiger partial charge in [0.2, 0.25) is 0 Å². The monoisotopic (exact) mass is 358 g/mol. The van der Waals surface area contributed by atoms with Crippen molar-refractivity contribution in [1.82, 2.24) is 0 Å². The molecule has 0 saturated heterocycles. The molecule has 0 amide bonds. The fourth-order valence-corrected chi connectivity index (χ4v) is 6.72. The highest BCUT2D eigenvalue weighted by Gasteiger charge is 2.54. The van der Waals surface area contributed by atoms with Gasteiger partial charge in [0.1, 0.15) is 0 Å². The van der Waals surface area contributed by atoms with E-state index >= 15 is 0 Å². The number of hydrogen-bond donors (Lipinski definition) is 0. The molecule has 2 nitrogen and oxygen atoms in total. The predicted octanol–water partition coefficient (Wildman–Crippen LogP) is 7.59. The fourth-order valence-electron chi connectivity index (χ4n) is 6.72. The summed E-state index contributed by atoms with van der Waals surface area (Å²) in [5, 5.41) is 8.92. The Kier molecular flexibility index (Phi) is 4.38. The van der Waals surface area contributed by atoms with Crippen LogP contribution in [0.4, 0.5) is 11.4 Å². The Labute approximate surface area is 163 Å². The van der Waals surface area contributed by atoms with E-state index in [9.17, 15) is 0 Å². The van der Waals surface area contributed by atoms with Crippen molar-refractivity contribution in [2.24, 2.45) is 39.8 Å². The minimum Gasteiger partial charge on any atom is -0.151 e. The number of hydrogen-bond acceptors (Lipinski definition) is 2. The van der Waals surface area contributed by atoms with Gasteiger partial charge >= 0.3 is 0 Å². The molecule has 0 N–H and O–H groups in total. The van der Waals surface area contributed by atoms with Gasteiger partial charge in [-0.25, -0.2) is 0 Å². The number of nitrogens with zero attached hydrogens (tertiary/aromatic N) is 2. The first-order valence-electron chi connectivity index (χ1n) is 10.8. The van der Waals surface area contributed by atoms with Crippen LogP contribution in [0, 0.1) is 36.5 Å². The van der Waals surface area contributed by atoms with E-state index in [-0.39, 0.29) is 0 Å². The Morgan fingerprint density at radius 2 is 1.63 bits per heavy atom. The van der Waals surface area contributed by atoms with E-state index in [1.165, 1.54) is 43.2 Å². The highest BCUT2D eigenvalue weighted by molar-refractivity contribution is 5.46. The number of azo groups is 1. The molecular weight excluding hydrogens is 328 g/mol. The van der Waals surface area contributed by atoms with Crippen LogP contribution in [-0.2, 0) is 0 Å². The lowest BCUT2D eigenvalue weighted by Gasteiger charge is -2.36. The van der Waals surface area contributed by atoms with Crippen LogP contribution in [0.5, 0.6) is 0 Å². The smallest absolute Gasteiger partial charge is 0.0860 e. The predicted molar refractivity (Wildman–Crippen MR) is 111 cm³/mol. The third kappa shape index (κ3) is 3.03. The first kappa shape index (κ1) is 17.2. The lowest BCUT2D eigenvalue weighted by molar-refractivity contribution is 0.170. The second-order valence-corrected chi connectivity index (χ2v) is 9.18. The number of fused-ring (bicyclic) bond motifs is 5. The van der Waals surface area contributed by atoms with E-state index in [1.807, 2.05) is 30.3 Å². The second kappa shape index (κ2) is 6.89. The van der Waals surface area contributed by atoms with E-state index in [2.05, 4.69) is 42.3 Å². The summed E-state index contributed by atoms with van der Waals surface area (Å²) < 4.78 is 0. The topological polar surface area (TPSA) is 24.7 Å². The molecule has 3 aliphatic carbocycles. The highest BCUT2D eigenvalue weighted by atomic mass is 15.1. The van der Waals surface area contributed by atoms with E-state index in [1.54, 1.807) is 0 Å². The summed E-state index contributed by atoms with van der Waals surface area (Å²) >= 11 is 0. The maximum Gasteiger partial charge on any atom is 0.0860 e. The Morgan fingerprint density at radius 1 is 0.852 bits per heavy atom. The summed E-state index contributed by atoms with van der Waals surface area (Å²) in [6.07, 6.45) is 7.47. The molecule has 2 aromatic rings. The zero-order chi connectivity index (χ0) is 18.4. The summed E-state index contributed by atoms with van der Waals surface area (Å²) in [6, 6.07) is 16.6. The first-order valence-corrected chi connectivity index (χ1v) is 10.8. The average molecular weight is 359 g/mol. The van der Waals surface area contributed by atoms with Crippen molar-refractivity contribution in [3.63, 3.8) is 0 Å². The van der Waals surface area contributed by atoms with Gasteiger partial charge in [-0.05, 0) is 104 Å². The molecular formula is C25H30N2. The molecule has 3 aliphatic rings. The van der Waals surface area contributed by atoms with Gasteiger partial charge in [0, 0.05) is 0 Å². The van der Waals surface area contributed by atoms with Crippen molar-refractivity contribution in [2.45, 2.75) is 51.9 Å². The van der Waals surface area contributed by atoms with Gasteiger partial charge < -0.3 is 0 Å². The zero-order valence-corrected chi connectivity index (χ0v) is 16.5. The molecule has 3 saturated carbocycles. The molecule has 6 unspecified atom stereocenters. The molecule has 0 radical (unpaired) electrons. The van der Waals surface area contributed by atoms with Crippen molar-refractivity contribution in [1.29, 1.82) is 0 Å². The molecule has 5 rings (SSSR count). The third-order valence-corrected chi connectivity index (χ3v) is 7.91. The molecule has 0 spiro atoms. The van der Waals surface area contributed by atoms with Gasteiger partial charge in [0.05, 0.1) is 11.4 Å². The zero-order valence-electron chi connectivity index (χ0n) is 16.5. The third-order valence-electron chi connectivity index (χ3n) is 7.91. The molecule has 2 heteroatoms. The fraction of sp³-hybridized carbons (Fsp3) is 0.520. The second-order valence-electron chi connectivity index (χ2n) is 9.18. The van der Waals surface area contributed by atoms with Crippen LogP contribution >= 0.6 is 0 Å². The van der Waals surface area contributed by atoms with Crippen LogP contribution in [-0.4, -0.2) is 0 Å². The molecule has 0 aromatic heterocycles. The standard InChI is InChI=1S/C25H30N2/c1-16-11-12-20(27-26-19-7-4-3-5-8-19)15-23(16)17(2)24-13-18-14-25(24)22-10-6-9-21(18)22/h3-5,7-8,11-12,15,17-18,21-22,24-25H,6,9-10,13-14H2,1-2H3. The maximum absolute atomic E-state index is 4.51. The van der Waals surface area contributed by atoms with Crippen LogP contribution in [0.3, 0.4) is 0 Å². The molecule has 27 heavy (non-hydrogen) atoms. The minimum absolute atomic E-state index is 0.633. The van der Waals surface area contributed by atoms with Gasteiger partial charge in [-0.3, -0.25) is 0 Å². The van der Waals surface area contributed by atoms with Gasteiger partial charge in [-0.1, -0.05) is 37.6 Å². The van der Waals surface area contributed by atoms with E-state index in [0.717, 1.165) is 41.0 Å². The van der Waals surface area contributed by atoms with Gasteiger partial charge in [-0.15, -0.1) is 0 Å². The number of benzene rings is 2. The molecule has 0 heterocycles. The summed E-state index contributed by atoms with van der Waals surface area (Å²) in [4.78, 5) is 0. The first-order chi connectivity index (χ1) is 13.2. The largest absolute Gasteiger partial charge is 0.151 e. The molecule has 0 aliphatic heterocycles. The summed E-state index contributed by atoms with van der Waals surface area (Å²) in [6.45, 7) is 4.73. The Balaban J connectivity index is 1.38. The molecule has 6 atom stereocenters. The lowest BCUT2D eigenvalue weighted by atomic mass is 9.69. The van der Waals surface area contributed by atoms with E-state index in [4.69, 9.17) is 0 Å². The average Bonchev–Trinajstić information content (AvgIpc) is 3.41. The van der Waals surface area contributed by atoms with E-state index < -0.39 is 0 Å². The van der Waals surface area contributed by atoms with Crippen LogP contribution in [0.25, 0.3) is 0 Å². The Morgan fingerprint density at radius 3 is 2.48 bits per heavy atom. The molecule has 140 valence electrons. The molecule has 3 fully saturated rings. The van der Waals surface area contributed by atoms with Crippen LogP contribution in [0.2, 0.25) is 0 Å². The number of aryl methyl sites for hydroxylation is 1. The molecule has 2 aromatic carbocycles. The van der Waals surface area contributed by atoms with Gasteiger partial charge in [0.15, 0.2) is 0 Å². The van der Waals surface area contributed by atoms with Crippen LogP contribution in [0.15, 0.2) is 58.8 Å². The van der Waals surface area contributed by atoms with Gasteiger partial charge in [0.25, 0.3) is 0 Å². The van der Waals surface area contributed by atoms with Crippen molar-refractivity contribution < 1.29 is 0 Å². The Bertz CT molecular complexity index is 841. The number of rotatable bonds is 4.